The van der Waals surface area contributed by atoms with E-state index in [2.05, 4.69) is 15.5 Å². The number of methoxy groups -OCH3 is 2. The summed E-state index contributed by atoms with van der Waals surface area (Å²) in [5, 5.41) is 15.4. The number of hydrogen-bond acceptors (Lipinski definition) is 9. The number of nitrogens with zero attached hydrogens (tertiary/aromatic N) is 1. The Morgan fingerprint density at radius 1 is 0.843 bits per heavy atom. The van der Waals surface area contributed by atoms with E-state index in [0.717, 1.165) is 22.3 Å². The van der Waals surface area contributed by atoms with Crippen LogP contribution in [-0.4, -0.2) is 73.9 Å². The van der Waals surface area contributed by atoms with Gasteiger partial charge in [-0.25, -0.2) is 4.79 Å². The van der Waals surface area contributed by atoms with Crippen molar-refractivity contribution >= 4 is 17.8 Å². The molecule has 5 aliphatic rings. The van der Waals surface area contributed by atoms with E-state index < -0.39 is 5.97 Å². The van der Waals surface area contributed by atoms with Gasteiger partial charge in [0.25, 0.3) is 5.91 Å². The molecule has 51 heavy (non-hydrogen) atoms. The van der Waals surface area contributed by atoms with Gasteiger partial charge in [0.05, 0.1) is 25.8 Å². The molecule has 0 aromatic heterocycles. The summed E-state index contributed by atoms with van der Waals surface area (Å²) in [5.74, 6) is 1.37. The van der Waals surface area contributed by atoms with Gasteiger partial charge >= 0.3 is 5.97 Å². The quantitative estimate of drug-likeness (QED) is 0.243. The maximum Gasteiger partial charge on any atom is 0.335 e. The Hall–Kier alpha value is -5.75. The first kappa shape index (κ1) is 35.1. The number of nitrogens with one attached hydrogen (secondary N) is 2. The molecule has 0 aliphatic carbocycles. The molecule has 5 aliphatic heterocycles. The second kappa shape index (κ2) is 16.3. The van der Waals surface area contributed by atoms with Crippen molar-refractivity contribution in [2.45, 2.75) is 44.7 Å². The van der Waals surface area contributed by atoms with E-state index in [0.29, 0.717) is 61.3 Å². The third-order valence-corrected chi connectivity index (χ3v) is 8.82. The zero-order valence-corrected chi connectivity index (χ0v) is 28.6. The molecular formula is C39H41N3O9. The molecule has 4 aromatic carbocycles. The number of hydrogen-bond donors (Lipinski definition) is 3. The third-order valence-electron chi connectivity index (χ3n) is 8.82. The standard InChI is InChI=1S/C39H41N3O9/c1-47-34-17-25-8-13-33(34)50-24-38(44)40-19-26-6-11-30(12-7-26)51-36-22-42(21-31(36)41-37(43)15-10-25)20-27-9-14-32(35(18-27)48-2)49-23-28-4-3-5-29(16-28)39(45)46/h3-9,11-14,16-18,31,36H,10,15,19-24H2,1-2H3,(H,40,44)(H,41,43)(H,45,46)/t31-,36-/m0/s1. The number of aromatic carboxylic acids is 1. The van der Waals surface area contributed by atoms with E-state index in [1.807, 2.05) is 60.7 Å². The van der Waals surface area contributed by atoms with Crippen molar-refractivity contribution in [1.29, 1.82) is 0 Å². The summed E-state index contributed by atoms with van der Waals surface area (Å²) in [6, 6.07) is 25.1. The van der Waals surface area contributed by atoms with Gasteiger partial charge in [0.2, 0.25) is 5.91 Å². The SMILES string of the molecule is COc1cc2ccc1OCC(=O)NCc1ccc(cc1)O[C@H]1CN(Cc3ccc(OCc4cccc(C(=O)O)c4)c(OC)c3)C[C@@H]1NC(=O)CC2. The Morgan fingerprint density at radius 2 is 1.65 bits per heavy atom. The zero-order valence-electron chi connectivity index (χ0n) is 28.6. The summed E-state index contributed by atoms with van der Waals surface area (Å²) >= 11 is 0. The molecule has 9 rings (SSSR count). The number of carboxylic acid groups (broad SMARTS) is 1. The normalized spacial score (nSPS) is 18.1. The smallest absolute Gasteiger partial charge is 0.335 e. The molecule has 0 spiro atoms. The molecule has 12 nitrogen and oxygen atoms in total. The van der Waals surface area contributed by atoms with Gasteiger partial charge in [-0.1, -0.05) is 36.4 Å². The molecule has 3 N–H and O–H groups in total. The lowest BCUT2D eigenvalue weighted by Crippen LogP contribution is -2.45. The number of benzene rings is 4. The summed E-state index contributed by atoms with van der Waals surface area (Å²) in [7, 11) is 3.12. The number of carboxylic acids is 1. The molecule has 2 amide bonds. The molecule has 12 heteroatoms. The topological polar surface area (TPSA) is 145 Å². The lowest BCUT2D eigenvalue weighted by Gasteiger charge is -2.22. The second-order valence-electron chi connectivity index (χ2n) is 12.5. The van der Waals surface area contributed by atoms with Gasteiger partial charge in [0, 0.05) is 32.6 Å². The van der Waals surface area contributed by atoms with Crippen LogP contribution >= 0.6 is 0 Å². The highest BCUT2D eigenvalue weighted by atomic mass is 16.5. The fourth-order valence-electron chi connectivity index (χ4n) is 6.16. The van der Waals surface area contributed by atoms with Gasteiger partial charge in [-0.15, -0.1) is 0 Å². The van der Waals surface area contributed by atoms with Crippen molar-refractivity contribution in [3.63, 3.8) is 0 Å². The van der Waals surface area contributed by atoms with Crippen molar-refractivity contribution in [1.82, 2.24) is 15.5 Å². The van der Waals surface area contributed by atoms with E-state index in [4.69, 9.17) is 23.7 Å². The summed E-state index contributed by atoms with van der Waals surface area (Å²) in [5.41, 5.74) is 3.73. The summed E-state index contributed by atoms with van der Waals surface area (Å²) in [6.07, 6.45) is 0.446. The molecule has 0 unspecified atom stereocenters. The molecular weight excluding hydrogens is 654 g/mol. The summed E-state index contributed by atoms with van der Waals surface area (Å²) < 4.78 is 29.3. The Bertz CT molecular complexity index is 1860. The predicted octanol–water partition coefficient (Wildman–Crippen LogP) is 4.37. The van der Waals surface area contributed by atoms with Crippen molar-refractivity contribution in [2.75, 3.05) is 33.9 Å². The Kier molecular flexibility index (Phi) is 11.2. The van der Waals surface area contributed by atoms with Gasteiger partial charge in [0.15, 0.2) is 29.6 Å². The first-order valence-electron chi connectivity index (χ1n) is 16.7. The van der Waals surface area contributed by atoms with Crippen LogP contribution in [0.15, 0.2) is 84.9 Å². The number of rotatable bonds is 8. The Balaban J connectivity index is 1.15. The van der Waals surface area contributed by atoms with E-state index >= 15 is 0 Å². The molecule has 4 aromatic rings. The fourth-order valence-corrected chi connectivity index (χ4v) is 6.16. The first-order chi connectivity index (χ1) is 24.8. The zero-order chi connectivity index (χ0) is 35.7. The number of carbonyl (C=O) groups is 3. The fraction of sp³-hybridized carbons (Fsp3) is 0.308. The van der Waals surface area contributed by atoms with Crippen LogP contribution in [0.25, 0.3) is 0 Å². The lowest BCUT2D eigenvalue weighted by atomic mass is 10.1. The number of likely N-dealkylation sites (tertiary alicyclic amines) is 1. The number of ether oxygens (including phenoxy) is 5. The largest absolute Gasteiger partial charge is 0.493 e. The van der Waals surface area contributed by atoms with Crippen LogP contribution in [-0.2, 0) is 35.7 Å². The molecule has 266 valence electrons. The average Bonchev–Trinajstić information content (AvgIpc) is 3.51. The highest BCUT2D eigenvalue weighted by Gasteiger charge is 2.35. The van der Waals surface area contributed by atoms with Crippen LogP contribution in [0.3, 0.4) is 0 Å². The highest BCUT2D eigenvalue weighted by molar-refractivity contribution is 5.87. The first-order valence-corrected chi connectivity index (χ1v) is 16.7. The van der Waals surface area contributed by atoms with E-state index in [1.165, 1.54) is 7.11 Å². The van der Waals surface area contributed by atoms with Crippen molar-refractivity contribution in [3.8, 4) is 28.7 Å². The minimum Gasteiger partial charge on any atom is -0.493 e. The summed E-state index contributed by atoms with van der Waals surface area (Å²) in [6.45, 7) is 2.08. The van der Waals surface area contributed by atoms with Gasteiger partial charge in [-0.3, -0.25) is 14.5 Å². The second-order valence-corrected chi connectivity index (χ2v) is 12.5. The Morgan fingerprint density at radius 3 is 2.43 bits per heavy atom. The molecule has 1 saturated heterocycles. The van der Waals surface area contributed by atoms with Crippen molar-refractivity contribution in [3.05, 3.63) is 113 Å². The monoisotopic (exact) mass is 695 g/mol. The van der Waals surface area contributed by atoms with Crippen LogP contribution in [0.4, 0.5) is 0 Å². The maximum atomic E-state index is 13.3. The maximum absolute atomic E-state index is 13.3. The van der Waals surface area contributed by atoms with Crippen molar-refractivity contribution in [2.24, 2.45) is 0 Å². The highest BCUT2D eigenvalue weighted by Crippen LogP contribution is 2.31. The van der Waals surface area contributed by atoms with Gasteiger partial charge in [0.1, 0.15) is 18.5 Å². The molecule has 1 fully saturated rings. The van der Waals surface area contributed by atoms with Crippen molar-refractivity contribution < 1.29 is 43.2 Å². The molecule has 2 atom stereocenters. The number of aryl methyl sites for hydroxylation is 1. The minimum atomic E-state index is -0.993. The molecule has 5 heterocycles. The Labute approximate surface area is 296 Å². The molecule has 4 bridgehead atoms. The number of amides is 2. The third kappa shape index (κ3) is 9.28. The van der Waals surface area contributed by atoms with Gasteiger partial charge in [-0.2, -0.15) is 0 Å². The minimum absolute atomic E-state index is 0.0896. The van der Waals surface area contributed by atoms with Crippen LogP contribution in [0.1, 0.15) is 39.0 Å². The average molecular weight is 696 g/mol. The van der Waals surface area contributed by atoms with E-state index in [9.17, 15) is 19.5 Å². The van der Waals surface area contributed by atoms with Crippen LogP contribution < -0.4 is 34.3 Å². The summed E-state index contributed by atoms with van der Waals surface area (Å²) in [4.78, 5) is 39.3. The molecule has 0 radical (unpaired) electrons. The van der Waals surface area contributed by atoms with E-state index in [1.54, 1.807) is 31.4 Å². The molecule has 0 saturated carbocycles. The van der Waals surface area contributed by atoms with Crippen LogP contribution in [0.2, 0.25) is 0 Å². The van der Waals surface area contributed by atoms with Crippen LogP contribution in [0, 0.1) is 0 Å². The van der Waals surface area contributed by atoms with Gasteiger partial charge < -0.3 is 39.4 Å². The van der Waals surface area contributed by atoms with E-state index in [-0.39, 0.29) is 49.2 Å². The number of carbonyl (C=O) groups excluding carboxylic acids is 2. The van der Waals surface area contributed by atoms with Crippen LogP contribution in [0.5, 0.6) is 28.7 Å². The predicted molar refractivity (Wildman–Crippen MR) is 187 cm³/mol. The van der Waals surface area contributed by atoms with Gasteiger partial charge in [-0.05, 0) is 77.2 Å². The lowest BCUT2D eigenvalue weighted by molar-refractivity contribution is -0.123.